The van der Waals surface area contributed by atoms with Crippen LogP contribution in [0.5, 0.6) is 0 Å². The van der Waals surface area contributed by atoms with Gasteiger partial charge >= 0.3 is 5.97 Å². The second-order valence-electron chi connectivity index (χ2n) is 3.49. The van der Waals surface area contributed by atoms with Gasteiger partial charge in [0.25, 0.3) is 0 Å². The summed E-state index contributed by atoms with van der Waals surface area (Å²) in [4.78, 5) is 11.0. The van der Waals surface area contributed by atoms with E-state index < -0.39 is 23.6 Å². The van der Waals surface area contributed by atoms with Gasteiger partial charge in [-0.05, 0) is 18.6 Å². The van der Waals surface area contributed by atoms with Gasteiger partial charge in [0.05, 0.1) is 7.11 Å². The van der Waals surface area contributed by atoms with Crippen LogP contribution in [0, 0.1) is 18.6 Å². The van der Waals surface area contributed by atoms with Crippen molar-refractivity contribution in [3.05, 3.63) is 34.9 Å². The predicted octanol–water partition coefficient (Wildman–Crippen LogP) is 1.32. The minimum Gasteiger partial charge on any atom is -0.468 e. The number of nitrogens with two attached hydrogens (primary N) is 1. The van der Waals surface area contributed by atoms with E-state index in [4.69, 9.17) is 5.73 Å². The largest absolute Gasteiger partial charge is 0.468 e. The molecule has 0 aliphatic carbocycles. The molecule has 0 bridgehead atoms. The number of hydrogen-bond donors (Lipinski definition) is 1. The molecule has 0 saturated heterocycles. The number of aryl methyl sites for hydroxylation is 1. The Morgan fingerprint density at radius 3 is 2.69 bits per heavy atom. The van der Waals surface area contributed by atoms with Crippen molar-refractivity contribution < 1.29 is 18.3 Å². The molecular formula is C11H13F2NO2. The molecule has 0 radical (unpaired) electrons. The van der Waals surface area contributed by atoms with E-state index in [0.717, 1.165) is 6.07 Å². The van der Waals surface area contributed by atoms with Crippen molar-refractivity contribution >= 4 is 5.97 Å². The Hall–Kier alpha value is -1.49. The fourth-order valence-electron chi connectivity index (χ4n) is 1.36. The van der Waals surface area contributed by atoms with Crippen LogP contribution in [-0.2, 0) is 16.0 Å². The lowest BCUT2D eigenvalue weighted by Gasteiger charge is -2.11. The molecule has 1 aromatic carbocycles. The van der Waals surface area contributed by atoms with E-state index in [2.05, 4.69) is 4.74 Å². The fourth-order valence-corrected chi connectivity index (χ4v) is 1.36. The molecule has 1 rings (SSSR count). The lowest BCUT2D eigenvalue weighted by atomic mass is 10.0. The summed E-state index contributed by atoms with van der Waals surface area (Å²) in [7, 11) is 1.17. The van der Waals surface area contributed by atoms with Crippen LogP contribution in [0.4, 0.5) is 8.78 Å². The van der Waals surface area contributed by atoms with E-state index in [1.165, 1.54) is 20.1 Å². The highest BCUT2D eigenvalue weighted by Crippen LogP contribution is 2.17. The summed E-state index contributed by atoms with van der Waals surface area (Å²) in [5.74, 6) is -2.07. The first-order valence-corrected chi connectivity index (χ1v) is 4.74. The standard InChI is InChI=1S/C11H13F2NO2/c1-6-3-4-8(12)7(10(6)13)5-9(14)11(15)16-2/h3-4,9H,5,14H2,1-2H3. The molecule has 3 nitrogen and oxygen atoms in total. The average Bonchev–Trinajstić information content (AvgIpc) is 2.28. The molecule has 5 heteroatoms. The lowest BCUT2D eigenvalue weighted by molar-refractivity contribution is -0.142. The molecule has 1 unspecified atom stereocenters. The lowest BCUT2D eigenvalue weighted by Crippen LogP contribution is -2.34. The number of carbonyl (C=O) groups excluding carboxylic acids is 1. The van der Waals surface area contributed by atoms with Crippen LogP contribution < -0.4 is 5.73 Å². The van der Waals surface area contributed by atoms with Crippen LogP contribution in [0.2, 0.25) is 0 Å². The SMILES string of the molecule is COC(=O)C(N)Cc1c(F)ccc(C)c1F. The van der Waals surface area contributed by atoms with Gasteiger partial charge in [0.1, 0.15) is 17.7 Å². The summed E-state index contributed by atoms with van der Waals surface area (Å²) >= 11 is 0. The summed E-state index contributed by atoms with van der Waals surface area (Å²) in [6, 6.07) is 1.42. The second-order valence-corrected chi connectivity index (χ2v) is 3.49. The second kappa shape index (κ2) is 5.03. The molecule has 0 aliphatic rings. The van der Waals surface area contributed by atoms with E-state index in [1.807, 2.05) is 0 Å². The number of esters is 1. The fraction of sp³-hybridized carbons (Fsp3) is 0.364. The van der Waals surface area contributed by atoms with Crippen molar-refractivity contribution in [1.29, 1.82) is 0 Å². The Morgan fingerprint density at radius 2 is 2.12 bits per heavy atom. The van der Waals surface area contributed by atoms with Crippen LogP contribution in [0.25, 0.3) is 0 Å². The van der Waals surface area contributed by atoms with E-state index >= 15 is 0 Å². The minimum atomic E-state index is -1.06. The number of methoxy groups -OCH3 is 1. The van der Waals surface area contributed by atoms with Crippen molar-refractivity contribution in [2.24, 2.45) is 5.73 Å². The third-order valence-electron chi connectivity index (χ3n) is 2.31. The van der Waals surface area contributed by atoms with Crippen molar-refractivity contribution in [3.8, 4) is 0 Å². The maximum Gasteiger partial charge on any atom is 0.322 e. The van der Waals surface area contributed by atoms with Gasteiger partial charge in [0, 0.05) is 12.0 Å². The molecule has 88 valence electrons. The van der Waals surface area contributed by atoms with Crippen molar-refractivity contribution in [2.75, 3.05) is 7.11 Å². The van der Waals surface area contributed by atoms with Crippen molar-refractivity contribution in [1.82, 2.24) is 0 Å². The van der Waals surface area contributed by atoms with Gasteiger partial charge in [-0.25, -0.2) is 8.78 Å². The molecule has 0 spiro atoms. The third kappa shape index (κ3) is 2.55. The summed E-state index contributed by atoms with van der Waals surface area (Å²) in [6.45, 7) is 1.52. The molecule has 0 saturated carbocycles. The quantitative estimate of drug-likeness (QED) is 0.795. The Bertz CT molecular complexity index is 407. The summed E-state index contributed by atoms with van der Waals surface area (Å²) < 4.78 is 31.2. The summed E-state index contributed by atoms with van der Waals surface area (Å²) in [5.41, 5.74) is 5.57. The third-order valence-corrected chi connectivity index (χ3v) is 2.31. The Kier molecular flexibility index (Phi) is 3.95. The van der Waals surface area contributed by atoms with Gasteiger partial charge in [-0.3, -0.25) is 4.79 Å². The van der Waals surface area contributed by atoms with Crippen LogP contribution in [0.1, 0.15) is 11.1 Å². The van der Waals surface area contributed by atoms with Gasteiger partial charge in [-0.2, -0.15) is 0 Å². The summed E-state index contributed by atoms with van der Waals surface area (Å²) in [5, 5.41) is 0. The predicted molar refractivity (Wildman–Crippen MR) is 54.8 cm³/mol. The zero-order valence-corrected chi connectivity index (χ0v) is 9.09. The first-order chi connectivity index (χ1) is 7.47. The number of ether oxygens (including phenoxy) is 1. The highest BCUT2D eigenvalue weighted by atomic mass is 19.1. The molecule has 1 aromatic rings. The maximum atomic E-state index is 13.5. The normalized spacial score (nSPS) is 12.3. The van der Waals surface area contributed by atoms with Crippen LogP contribution >= 0.6 is 0 Å². The smallest absolute Gasteiger partial charge is 0.322 e. The topological polar surface area (TPSA) is 52.3 Å². The van der Waals surface area contributed by atoms with E-state index in [9.17, 15) is 13.6 Å². The number of hydrogen-bond acceptors (Lipinski definition) is 3. The Morgan fingerprint density at radius 1 is 1.50 bits per heavy atom. The molecule has 16 heavy (non-hydrogen) atoms. The van der Waals surface area contributed by atoms with Gasteiger partial charge in [-0.15, -0.1) is 0 Å². The van der Waals surface area contributed by atoms with Gasteiger partial charge in [0.2, 0.25) is 0 Å². The van der Waals surface area contributed by atoms with E-state index in [-0.39, 0.29) is 12.0 Å². The van der Waals surface area contributed by atoms with Gasteiger partial charge in [0.15, 0.2) is 0 Å². The molecule has 2 N–H and O–H groups in total. The van der Waals surface area contributed by atoms with Gasteiger partial charge < -0.3 is 10.5 Å². The van der Waals surface area contributed by atoms with Crippen molar-refractivity contribution in [2.45, 2.75) is 19.4 Å². The first kappa shape index (κ1) is 12.6. The highest BCUT2D eigenvalue weighted by Gasteiger charge is 2.20. The maximum absolute atomic E-state index is 13.5. The zero-order chi connectivity index (χ0) is 12.3. The molecule has 0 heterocycles. The molecule has 0 aromatic heterocycles. The monoisotopic (exact) mass is 229 g/mol. The van der Waals surface area contributed by atoms with Crippen LogP contribution in [0.15, 0.2) is 12.1 Å². The average molecular weight is 229 g/mol. The first-order valence-electron chi connectivity index (χ1n) is 4.74. The summed E-state index contributed by atoms with van der Waals surface area (Å²) in [6.07, 6.45) is -0.216. The Balaban J connectivity index is 2.97. The number of halogens is 2. The molecule has 1 atom stereocenters. The molecular weight excluding hydrogens is 216 g/mol. The zero-order valence-electron chi connectivity index (χ0n) is 9.09. The van der Waals surface area contributed by atoms with E-state index in [0.29, 0.717) is 5.56 Å². The van der Waals surface area contributed by atoms with Crippen LogP contribution in [-0.4, -0.2) is 19.1 Å². The number of carbonyl (C=O) groups is 1. The van der Waals surface area contributed by atoms with E-state index in [1.54, 1.807) is 0 Å². The van der Waals surface area contributed by atoms with Crippen LogP contribution in [0.3, 0.4) is 0 Å². The number of benzene rings is 1. The number of rotatable bonds is 3. The Labute approximate surface area is 92.2 Å². The molecule has 0 amide bonds. The van der Waals surface area contributed by atoms with Gasteiger partial charge in [-0.1, -0.05) is 6.07 Å². The molecule has 0 aliphatic heterocycles. The van der Waals surface area contributed by atoms with Crippen molar-refractivity contribution in [3.63, 3.8) is 0 Å². The molecule has 0 fully saturated rings. The highest BCUT2D eigenvalue weighted by molar-refractivity contribution is 5.75. The minimum absolute atomic E-state index is 0.182.